The largest absolute Gasteiger partial charge is 0.308 e. The van der Waals surface area contributed by atoms with Crippen LogP contribution in [0.2, 0.25) is 5.02 Å². The topological polar surface area (TPSA) is 55.2 Å². The number of anilines is 1. The Balaban J connectivity index is 1.54. The summed E-state index contributed by atoms with van der Waals surface area (Å²) < 4.78 is 2.04. The minimum absolute atomic E-state index is 0.210. The molecule has 0 fully saturated rings. The Morgan fingerprint density at radius 1 is 0.828 bits per heavy atom. The van der Waals surface area contributed by atoms with Crippen LogP contribution in [0.5, 0.6) is 0 Å². The van der Waals surface area contributed by atoms with Crippen molar-refractivity contribution in [3.05, 3.63) is 94.5 Å². The van der Waals surface area contributed by atoms with Crippen molar-refractivity contribution in [2.75, 3.05) is 11.4 Å². The summed E-state index contributed by atoms with van der Waals surface area (Å²) in [7, 11) is 0. The van der Waals surface area contributed by atoms with Gasteiger partial charge in [-0.25, -0.2) is 4.98 Å². The quantitative estimate of drug-likeness (QED) is 0.472. The fourth-order valence-corrected chi connectivity index (χ4v) is 3.88. The Hall–Kier alpha value is -3.44. The fraction of sp³-hybridized carbons (Fsp3) is 0.0870. The molecule has 3 aromatic carbocycles. The monoisotopic (exact) mass is 401 g/mol. The zero-order valence-electron chi connectivity index (χ0n) is 15.4. The Morgan fingerprint density at radius 3 is 2.31 bits per heavy atom. The molecule has 1 amide bonds. The van der Waals surface area contributed by atoms with E-state index in [1.54, 1.807) is 53.4 Å². The lowest BCUT2D eigenvalue weighted by Gasteiger charge is -2.16. The van der Waals surface area contributed by atoms with Crippen molar-refractivity contribution in [1.29, 1.82) is 0 Å². The van der Waals surface area contributed by atoms with Gasteiger partial charge < -0.3 is 4.57 Å². The van der Waals surface area contributed by atoms with Gasteiger partial charge >= 0.3 is 0 Å². The highest BCUT2D eigenvalue weighted by atomic mass is 35.5. The van der Waals surface area contributed by atoms with E-state index in [0.717, 1.165) is 11.0 Å². The van der Waals surface area contributed by atoms with E-state index in [4.69, 9.17) is 11.6 Å². The van der Waals surface area contributed by atoms with Crippen LogP contribution in [0.1, 0.15) is 26.3 Å². The second kappa shape index (κ2) is 6.87. The number of carbonyl (C=O) groups is 2. The van der Waals surface area contributed by atoms with E-state index in [9.17, 15) is 9.59 Å². The van der Waals surface area contributed by atoms with E-state index in [-0.39, 0.29) is 11.7 Å². The summed E-state index contributed by atoms with van der Waals surface area (Å²) in [6.07, 6.45) is 0. The summed E-state index contributed by atoms with van der Waals surface area (Å²) in [6, 6.07) is 21.4. The molecule has 0 aliphatic carbocycles. The fourth-order valence-electron chi connectivity index (χ4n) is 3.75. The van der Waals surface area contributed by atoms with E-state index in [2.05, 4.69) is 4.98 Å². The van der Waals surface area contributed by atoms with E-state index in [1.807, 2.05) is 28.8 Å². The molecule has 0 spiro atoms. The van der Waals surface area contributed by atoms with Crippen molar-refractivity contribution in [2.45, 2.75) is 6.54 Å². The van der Waals surface area contributed by atoms with Gasteiger partial charge in [0.25, 0.3) is 5.91 Å². The summed E-state index contributed by atoms with van der Waals surface area (Å²) in [5.41, 5.74) is 3.08. The lowest BCUT2D eigenvalue weighted by molar-refractivity contribution is 0.0972. The first-order valence-corrected chi connectivity index (χ1v) is 9.68. The maximum absolute atomic E-state index is 13.4. The van der Waals surface area contributed by atoms with Crippen molar-refractivity contribution in [3.8, 4) is 0 Å². The number of hydrogen-bond donors (Lipinski definition) is 0. The highest BCUT2D eigenvalue weighted by molar-refractivity contribution is 6.30. The number of hydrogen-bond acceptors (Lipinski definition) is 3. The molecule has 0 atom stereocenters. The number of amides is 1. The second-order valence-corrected chi connectivity index (χ2v) is 7.33. The molecule has 1 aromatic heterocycles. The third kappa shape index (κ3) is 2.91. The van der Waals surface area contributed by atoms with Gasteiger partial charge in [0.05, 0.1) is 16.6 Å². The van der Waals surface area contributed by atoms with E-state index in [0.29, 0.717) is 40.8 Å². The average Bonchev–Trinajstić information content (AvgIpc) is 3.32. The third-order valence-corrected chi connectivity index (χ3v) is 5.43. The molecule has 142 valence electrons. The molecule has 0 unspecified atom stereocenters. The van der Waals surface area contributed by atoms with Crippen LogP contribution in [0.15, 0.2) is 72.8 Å². The molecule has 29 heavy (non-hydrogen) atoms. The highest BCUT2D eigenvalue weighted by Crippen LogP contribution is 2.29. The Labute approximate surface area is 172 Å². The van der Waals surface area contributed by atoms with Gasteiger partial charge in [0, 0.05) is 29.2 Å². The molecule has 4 aromatic rings. The molecular formula is C23H16ClN3O2. The van der Waals surface area contributed by atoms with Gasteiger partial charge in [0.2, 0.25) is 5.95 Å². The Morgan fingerprint density at radius 2 is 1.52 bits per heavy atom. The van der Waals surface area contributed by atoms with Crippen molar-refractivity contribution in [2.24, 2.45) is 0 Å². The molecule has 0 saturated carbocycles. The molecule has 0 radical (unpaired) electrons. The first-order chi connectivity index (χ1) is 14.1. The number of rotatable bonds is 3. The van der Waals surface area contributed by atoms with Crippen molar-refractivity contribution in [1.82, 2.24) is 9.55 Å². The standard InChI is InChI=1S/C23H16ClN3O2/c24-16-11-9-15(10-12-16)21(28)17-5-1-2-6-18(17)22(29)27-14-13-26-20-8-4-3-7-19(20)25-23(26)27/h1-12H,13-14H2. The van der Waals surface area contributed by atoms with Gasteiger partial charge in [0.15, 0.2) is 5.78 Å². The summed E-state index contributed by atoms with van der Waals surface area (Å²) >= 11 is 5.93. The molecule has 0 N–H and O–H groups in total. The summed E-state index contributed by atoms with van der Waals surface area (Å²) in [5.74, 6) is 0.181. The smallest absolute Gasteiger partial charge is 0.261 e. The lowest BCUT2D eigenvalue weighted by Crippen LogP contribution is -2.30. The molecule has 1 aliphatic rings. The average molecular weight is 402 g/mol. The number of fused-ring (bicyclic) bond motifs is 3. The molecule has 5 nitrogen and oxygen atoms in total. The molecule has 2 heterocycles. The number of aromatic nitrogens is 2. The van der Waals surface area contributed by atoms with Gasteiger partial charge in [-0.3, -0.25) is 14.5 Å². The van der Waals surface area contributed by atoms with Crippen LogP contribution in [0, 0.1) is 0 Å². The van der Waals surface area contributed by atoms with Crippen LogP contribution >= 0.6 is 11.6 Å². The number of benzene rings is 3. The summed E-state index contributed by atoms with van der Waals surface area (Å²) in [6.45, 7) is 1.20. The maximum atomic E-state index is 13.4. The summed E-state index contributed by atoms with van der Waals surface area (Å²) in [4.78, 5) is 32.7. The first-order valence-electron chi connectivity index (χ1n) is 9.30. The number of halogens is 1. The molecule has 0 saturated heterocycles. The lowest BCUT2D eigenvalue weighted by atomic mass is 9.97. The molecule has 5 rings (SSSR count). The molecule has 1 aliphatic heterocycles. The number of carbonyl (C=O) groups excluding carboxylic acids is 2. The van der Waals surface area contributed by atoms with Crippen LogP contribution in [0.3, 0.4) is 0 Å². The van der Waals surface area contributed by atoms with Crippen molar-refractivity contribution >= 4 is 40.3 Å². The Bertz CT molecular complexity index is 1260. The number of imidazole rings is 1. The minimum atomic E-state index is -0.225. The van der Waals surface area contributed by atoms with Crippen LogP contribution in [-0.4, -0.2) is 27.8 Å². The Kier molecular flexibility index (Phi) is 4.18. The third-order valence-electron chi connectivity index (χ3n) is 5.18. The van der Waals surface area contributed by atoms with Gasteiger partial charge in [-0.2, -0.15) is 0 Å². The molecule has 0 bridgehead atoms. The van der Waals surface area contributed by atoms with Crippen LogP contribution < -0.4 is 4.90 Å². The van der Waals surface area contributed by atoms with Crippen LogP contribution in [-0.2, 0) is 6.54 Å². The zero-order valence-corrected chi connectivity index (χ0v) is 16.1. The number of para-hydroxylation sites is 2. The van der Waals surface area contributed by atoms with Gasteiger partial charge in [0.1, 0.15) is 0 Å². The van der Waals surface area contributed by atoms with E-state index >= 15 is 0 Å². The molecule has 6 heteroatoms. The predicted molar refractivity (Wildman–Crippen MR) is 113 cm³/mol. The predicted octanol–water partition coefficient (Wildman–Crippen LogP) is 4.58. The normalized spacial score (nSPS) is 12.9. The van der Waals surface area contributed by atoms with E-state index < -0.39 is 0 Å². The zero-order chi connectivity index (χ0) is 20.0. The van der Waals surface area contributed by atoms with Gasteiger partial charge in [-0.15, -0.1) is 0 Å². The number of nitrogens with zero attached hydrogens (tertiary/aromatic N) is 3. The highest BCUT2D eigenvalue weighted by Gasteiger charge is 2.31. The van der Waals surface area contributed by atoms with Crippen molar-refractivity contribution in [3.63, 3.8) is 0 Å². The van der Waals surface area contributed by atoms with Gasteiger partial charge in [-0.05, 0) is 42.5 Å². The van der Waals surface area contributed by atoms with Gasteiger partial charge in [-0.1, -0.05) is 41.9 Å². The molecular weight excluding hydrogens is 386 g/mol. The van der Waals surface area contributed by atoms with E-state index in [1.165, 1.54) is 0 Å². The summed E-state index contributed by atoms with van der Waals surface area (Å²) in [5, 5.41) is 0.557. The van der Waals surface area contributed by atoms with Crippen LogP contribution in [0.25, 0.3) is 11.0 Å². The SMILES string of the molecule is O=C(c1ccc(Cl)cc1)c1ccccc1C(=O)N1CCn2c1nc1ccccc12. The first kappa shape index (κ1) is 17.6. The van der Waals surface area contributed by atoms with Crippen LogP contribution in [0.4, 0.5) is 5.95 Å². The number of ketones is 1. The minimum Gasteiger partial charge on any atom is -0.308 e. The maximum Gasteiger partial charge on any atom is 0.261 e. The second-order valence-electron chi connectivity index (χ2n) is 6.89. The van der Waals surface area contributed by atoms with Crippen molar-refractivity contribution < 1.29 is 9.59 Å².